The van der Waals surface area contributed by atoms with Gasteiger partial charge < -0.3 is 15.4 Å². The molecule has 2 N–H and O–H groups in total. The number of rotatable bonds is 6. The zero-order valence-corrected chi connectivity index (χ0v) is 15.5. The lowest BCUT2D eigenvalue weighted by molar-refractivity contribution is -0.384. The molecule has 11 heteroatoms. The number of carbonyl (C=O) groups is 3. The lowest BCUT2D eigenvalue weighted by atomic mass is 10.1. The first kappa shape index (κ1) is 20.5. The van der Waals surface area contributed by atoms with Crippen LogP contribution in [0.2, 0.25) is 0 Å². The number of nitro groups is 1. The highest BCUT2D eigenvalue weighted by molar-refractivity contribution is 6.16. The highest BCUT2D eigenvalue weighted by Gasteiger charge is 2.35. The van der Waals surface area contributed by atoms with Gasteiger partial charge in [-0.15, -0.1) is 0 Å². The van der Waals surface area contributed by atoms with E-state index in [0.29, 0.717) is 4.90 Å². The zero-order valence-electron chi connectivity index (χ0n) is 15.5. The number of methoxy groups -OCH3 is 1. The minimum absolute atomic E-state index is 0.0911. The van der Waals surface area contributed by atoms with E-state index in [9.17, 15) is 28.9 Å². The third-order valence-electron chi connectivity index (χ3n) is 4.14. The van der Waals surface area contributed by atoms with Gasteiger partial charge in [0.15, 0.2) is 0 Å². The van der Waals surface area contributed by atoms with Crippen LogP contribution in [-0.4, -0.2) is 41.3 Å². The van der Waals surface area contributed by atoms with Crippen molar-refractivity contribution >= 4 is 35.3 Å². The minimum Gasteiger partial charge on any atom is -0.496 e. The summed E-state index contributed by atoms with van der Waals surface area (Å²) < 4.78 is 18.8. The Bertz CT molecular complexity index is 1080. The number of imide groups is 1. The van der Waals surface area contributed by atoms with Gasteiger partial charge in [0.05, 0.1) is 17.7 Å². The summed E-state index contributed by atoms with van der Waals surface area (Å²) in [6.07, 6.45) is 1.21. The van der Waals surface area contributed by atoms with Crippen molar-refractivity contribution in [2.24, 2.45) is 0 Å². The van der Waals surface area contributed by atoms with Gasteiger partial charge in [0.1, 0.15) is 23.8 Å². The Morgan fingerprint density at radius 2 is 2.03 bits per heavy atom. The largest absolute Gasteiger partial charge is 0.496 e. The second kappa shape index (κ2) is 8.39. The molecule has 0 atom stereocenters. The number of amides is 4. The van der Waals surface area contributed by atoms with Crippen molar-refractivity contribution in [1.29, 1.82) is 0 Å². The average Bonchev–Trinajstić information content (AvgIpc) is 2.97. The lowest BCUT2D eigenvalue weighted by Crippen LogP contribution is -2.38. The molecule has 154 valence electrons. The SMILES string of the molecule is COc1ccc([N+](=O)[O-])cc1/C=C1/NC(=O)N(CC(=O)Nc2ccccc2F)C1=O. The predicted molar refractivity (Wildman–Crippen MR) is 103 cm³/mol. The van der Waals surface area contributed by atoms with Crippen LogP contribution in [0, 0.1) is 15.9 Å². The number of nitrogens with one attached hydrogen (secondary N) is 2. The Balaban J connectivity index is 1.79. The van der Waals surface area contributed by atoms with Gasteiger partial charge in [-0.3, -0.25) is 19.7 Å². The zero-order chi connectivity index (χ0) is 21.8. The second-order valence-corrected chi connectivity index (χ2v) is 6.09. The summed E-state index contributed by atoms with van der Waals surface area (Å²) in [5.74, 6) is -2.03. The summed E-state index contributed by atoms with van der Waals surface area (Å²) in [7, 11) is 1.34. The number of benzene rings is 2. The Kier molecular flexibility index (Phi) is 5.72. The van der Waals surface area contributed by atoms with Crippen LogP contribution < -0.4 is 15.4 Å². The van der Waals surface area contributed by atoms with Gasteiger partial charge in [0, 0.05) is 17.7 Å². The van der Waals surface area contributed by atoms with Crippen LogP contribution in [0.3, 0.4) is 0 Å². The predicted octanol–water partition coefficient (Wildman–Crippen LogP) is 2.27. The summed E-state index contributed by atoms with van der Waals surface area (Å²) in [5, 5.41) is 15.6. The molecule has 0 aromatic heterocycles. The first-order valence-electron chi connectivity index (χ1n) is 8.51. The molecule has 1 heterocycles. The van der Waals surface area contributed by atoms with E-state index in [1.54, 1.807) is 0 Å². The Morgan fingerprint density at radius 3 is 2.70 bits per heavy atom. The fourth-order valence-corrected chi connectivity index (χ4v) is 2.71. The summed E-state index contributed by atoms with van der Waals surface area (Å²) in [5.41, 5.74) is -0.335. The molecule has 0 bridgehead atoms. The van der Waals surface area contributed by atoms with E-state index in [4.69, 9.17) is 4.74 Å². The molecule has 30 heavy (non-hydrogen) atoms. The molecule has 0 radical (unpaired) electrons. The van der Waals surface area contributed by atoms with Gasteiger partial charge in [-0.2, -0.15) is 0 Å². The van der Waals surface area contributed by atoms with Gasteiger partial charge in [0.25, 0.3) is 11.6 Å². The number of nitrogens with zero attached hydrogens (tertiary/aromatic N) is 2. The molecular weight excluding hydrogens is 399 g/mol. The molecule has 2 aromatic carbocycles. The van der Waals surface area contributed by atoms with Crippen LogP contribution in [0.5, 0.6) is 5.75 Å². The van der Waals surface area contributed by atoms with Crippen molar-refractivity contribution in [2.75, 3.05) is 19.0 Å². The molecule has 0 aliphatic carbocycles. The number of hydrogen-bond acceptors (Lipinski definition) is 6. The monoisotopic (exact) mass is 414 g/mol. The average molecular weight is 414 g/mol. The van der Waals surface area contributed by atoms with E-state index < -0.39 is 35.1 Å². The smallest absolute Gasteiger partial charge is 0.329 e. The van der Waals surface area contributed by atoms with Gasteiger partial charge >= 0.3 is 6.03 Å². The van der Waals surface area contributed by atoms with E-state index in [2.05, 4.69) is 10.6 Å². The highest BCUT2D eigenvalue weighted by atomic mass is 19.1. The molecule has 1 fully saturated rings. The number of urea groups is 1. The molecule has 1 aliphatic heterocycles. The van der Waals surface area contributed by atoms with Gasteiger partial charge in [0.2, 0.25) is 5.91 Å². The van der Waals surface area contributed by atoms with Crippen LogP contribution in [0.4, 0.5) is 20.6 Å². The standard InChI is InChI=1S/C19H15FN4O6/c1-30-16-7-6-12(24(28)29)8-11(16)9-15-18(26)23(19(27)22-15)10-17(25)21-14-5-3-2-4-13(14)20/h2-9H,10H2,1H3,(H,21,25)(H,22,27)/b15-9+. The first-order valence-corrected chi connectivity index (χ1v) is 8.51. The van der Waals surface area contributed by atoms with Gasteiger partial charge in [-0.05, 0) is 24.3 Å². The van der Waals surface area contributed by atoms with Crippen LogP contribution in [0.15, 0.2) is 48.2 Å². The van der Waals surface area contributed by atoms with Crippen molar-refractivity contribution in [1.82, 2.24) is 10.2 Å². The van der Waals surface area contributed by atoms with E-state index in [-0.39, 0.29) is 28.4 Å². The van der Waals surface area contributed by atoms with Crippen LogP contribution in [0.25, 0.3) is 6.08 Å². The van der Waals surface area contributed by atoms with E-state index in [1.165, 1.54) is 49.6 Å². The molecule has 2 aromatic rings. The molecule has 0 saturated carbocycles. The fraction of sp³-hybridized carbons (Fsp3) is 0.105. The molecule has 4 amide bonds. The lowest BCUT2D eigenvalue weighted by Gasteiger charge is -2.12. The van der Waals surface area contributed by atoms with Crippen molar-refractivity contribution in [3.8, 4) is 5.75 Å². The molecule has 1 saturated heterocycles. The quantitative estimate of drug-likeness (QED) is 0.323. The van der Waals surface area contributed by atoms with Crippen molar-refractivity contribution in [3.05, 3.63) is 69.7 Å². The minimum atomic E-state index is -0.862. The molecule has 1 aliphatic rings. The molecule has 0 spiro atoms. The Hall–Kier alpha value is -4.28. The van der Waals surface area contributed by atoms with Crippen LogP contribution in [-0.2, 0) is 9.59 Å². The number of para-hydroxylation sites is 1. The number of nitro benzene ring substituents is 1. The summed E-state index contributed by atoms with van der Waals surface area (Å²) in [4.78, 5) is 47.8. The normalized spacial score (nSPS) is 14.6. The third kappa shape index (κ3) is 4.24. The van der Waals surface area contributed by atoms with Crippen molar-refractivity contribution < 1.29 is 28.4 Å². The van der Waals surface area contributed by atoms with Gasteiger partial charge in [-0.1, -0.05) is 12.1 Å². The Labute approximate surface area is 169 Å². The topological polar surface area (TPSA) is 131 Å². The fourth-order valence-electron chi connectivity index (χ4n) is 2.71. The van der Waals surface area contributed by atoms with Crippen LogP contribution in [0.1, 0.15) is 5.56 Å². The molecular formula is C19H15FN4O6. The Morgan fingerprint density at radius 1 is 1.30 bits per heavy atom. The third-order valence-corrected chi connectivity index (χ3v) is 4.14. The maximum atomic E-state index is 13.6. The molecule has 3 rings (SSSR count). The first-order chi connectivity index (χ1) is 14.3. The number of anilines is 1. The van der Waals surface area contributed by atoms with Crippen molar-refractivity contribution in [3.63, 3.8) is 0 Å². The number of hydrogen-bond donors (Lipinski definition) is 2. The second-order valence-electron chi connectivity index (χ2n) is 6.09. The van der Waals surface area contributed by atoms with E-state index >= 15 is 0 Å². The summed E-state index contributed by atoms with van der Waals surface area (Å²) in [6.45, 7) is -0.650. The summed E-state index contributed by atoms with van der Waals surface area (Å²) >= 11 is 0. The van der Waals surface area contributed by atoms with E-state index in [1.807, 2.05) is 0 Å². The summed E-state index contributed by atoms with van der Waals surface area (Å²) in [6, 6.07) is 8.34. The maximum absolute atomic E-state index is 13.6. The molecule has 10 nitrogen and oxygen atoms in total. The number of halogens is 1. The van der Waals surface area contributed by atoms with E-state index in [0.717, 1.165) is 6.07 Å². The van der Waals surface area contributed by atoms with Crippen molar-refractivity contribution in [2.45, 2.75) is 0 Å². The number of non-ortho nitro benzene ring substituents is 1. The van der Waals surface area contributed by atoms with Crippen LogP contribution >= 0.6 is 0 Å². The van der Waals surface area contributed by atoms with Gasteiger partial charge in [-0.25, -0.2) is 14.1 Å². The molecule has 0 unspecified atom stereocenters. The number of carbonyl (C=O) groups excluding carboxylic acids is 3. The maximum Gasteiger partial charge on any atom is 0.329 e. The number of ether oxygens (including phenoxy) is 1. The highest BCUT2D eigenvalue weighted by Crippen LogP contribution is 2.27.